The minimum Gasteiger partial charge on any atom is -0.258 e. The van der Waals surface area contributed by atoms with E-state index in [0.717, 1.165) is 6.07 Å². The molecule has 0 amide bonds. The number of nitriles is 1. The van der Waals surface area contributed by atoms with Crippen molar-refractivity contribution in [3.05, 3.63) is 31.1 Å². The Morgan fingerprint density at radius 2 is 2.27 bits per heavy atom. The van der Waals surface area contributed by atoms with Gasteiger partial charge in [-0.15, -0.1) is 0 Å². The summed E-state index contributed by atoms with van der Waals surface area (Å²) in [6.07, 6.45) is -2.92. The molecule has 1 rings (SSSR count). The maximum Gasteiger partial charge on any atom is 0.302 e. The van der Waals surface area contributed by atoms with E-state index in [-0.39, 0.29) is 3.70 Å². The Morgan fingerprint density at radius 1 is 1.67 bits per heavy atom. The van der Waals surface area contributed by atoms with E-state index in [0.29, 0.717) is 0 Å². The van der Waals surface area contributed by atoms with Gasteiger partial charge in [-0.2, -0.15) is 5.26 Å². The molecule has 0 N–H and O–H groups in total. The fourth-order valence-corrected chi connectivity index (χ4v) is 1.49. The second-order valence-electron chi connectivity index (χ2n) is 2.40. The maximum absolute atomic E-state index is 12.3. The van der Waals surface area contributed by atoms with Crippen molar-refractivity contribution >= 4 is 28.3 Å². The molecule has 0 saturated heterocycles. The predicted molar refractivity (Wildman–Crippen MR) is 53.3 cm³/mol. The second-order valence-corrected chi connectivity index (χ2v) is 3.42. The molecule has 0 aromatic carbocycles. The molecule has 0 aliphatic rings. The van der Waals surface area contributed by atoms with Gasteiger partial charge in [-0.25, -0.2) is 13.8 Å². The molecule has 0 bridgehead atoms. The smallest absolute Gasteiger partial charge is 0.258 e. The number of halogens is 3. The van der Waals surface area contributed by atoms with Crippen molar-refractivity contribution in [2.24, 2.45) is 0 Å². The van der Waals surface area contributed by atoms with Gasteiger partial charge in [0.2, 0.25) is 0 Å². The third-order valence-corrected chi connectivity index (χ3v) is 2.30. The Balaban J connectivity index is 3.44. The van der Waals surface area contributed by atoms with Crippen LogP contribution < -0.4 is 0 Å². The number of nitro groups is 1. The van der Waals surface area contributed by atoms with E-state index in [1.807, 2.05) is 0 Å². The highest BCUT2D eigenvalue weighted by molar-refractivity contribution is 14.1. The van der Waals surface area contributed by atoms with Crippen LogP contribution in [-0.4, -0.2) is 9.91 Å². The van der Waals surface area contributed by atoms with Gasteiger partial charge in [-0.05, 0) is 22.6 Å². The molecule has 0 saturated carbocycles. The highest BCUT2D eigenvalue weighted by atomic mass is 127. The molecule has 1 aromatic rings. The topological polar surface area (TPSA) is 79.8 Å². The molecular formula is C7H2F2IN3O2. The highest BCUT2D eigenvalue weighted by Crippen LogP contribution is 2.27. The normalized spacial score (nSPS) is 10.1. The number of hydrogen-bond acceptors (Lipinski definition) is 4. The molecule has 0 spiro atoms. The van der Waals surface area contributed by atoms with Gasteiger partial charge in [0, 0.05) is 6.07 Å². The largest absolute Gasteiger partial charge is 0.302 e. The van der Waals surface area contributed by atoms with Crippen LogP contribution in [0.25, 0.3) is 0 Å². The number of rotatable bonds is 2. The van der Waals surface area contributed by atoms with E-state index in [2.05, 4.69) is 4.98 Å². The summed E-state index contributed by atoms with van der Waals surface area (Å²) < 4.78 is 24.5. The molecule has 0 aliphatic carbocycles. The van der Waals surface area contributed by atoms with Crippen molar-refractivity contribution < 1.29 is 13.7 Å². The second kappa shape index (κ2) is 4.43. The first kappa shape index (κ1) is 11.7. The average Bonchev–Trinajstić information content (AvgIpc) is 2.16. The quantitative estimate of drug-likeness (QED) is 0.362. The van der Waals surface area contributed by atoms with Crippen molar-refractivity contribution in [1.82, 2.24) is 4.98 Å². The van der Waals surface area contributed by atoms with Gasteiger partial charge in [0.15, 0.2) is 3.70 Å². The first-order valence-electron chi connectivity index (χ1n) is 3.50. The lowest BCUT2D eigenvalue weighted by atomic mass is 10.2. The summed E-state index contributed by atoms with van der Waals surface area (Å²) in [5, 5.41) is 19.0. The SMILES string of the molecule is N#Cc1cc([N+](=O)[O-])c(I)nc1C(F)F. The first-order chi connectivity index (χ1) is 6.97. The van der Waals surface area contributed by atoms with Gasteiger partial charge >= 0.3 is 5.69 Å². The average molecular weight is 325 g/mol. The van der Waals surface area contributed by atoms with Crippen LogP contribution in [-0.2, 0) is 0 Å². The summed E-state index contributed by atoms with van der Waals surface area (Å²) in [6.45, 7) is 0. The molecule has 0 aliphatic heterocycles. The number of nitrogens with zero attached hydrogens (tertiary/aromatic N) is 3. The molecule has 15 heavy (non-hydrogen) atoms. The fraction of sp³-hybridized carbons (Fsp3) is 0.143. The van der Waals surface area contributed by atoms with E-state index in [4.69, 9.17) is 5.26 Å². The lowest BCUT2D eigenvalue weighted by Gasteiger charge is -2.02. The first-order valence-corrected chi connectivity index (χ1v) is 4.58. The number of alkyl halides is 2. The zero-order valence-electron chi connectivity index (χ0n) is 6.95. The lowest BCUT2D eigenvalue weighted by molar-refractivity contribution is -0.386. The Hall–Kier alpha value is -1.37. The molecular weight excluding hydrogens is 323 g/mol. The zero-order valence-corrected chi connectivity index (χ0v) is 9.10. The Morgan fingerprint density at radius 3 is 2.67 bits per heavy atom. The molecule has 0 unspecified atom stereocenters. The van der Waals surface area contributed by atoms with E-state index in [9.17, 15) is 18.9 Å². The standard InChI is InChI=1S/C7H2F2IN3O2/c8-6(9)5-3(2-11)1-4(13(14)15)7(10)12-5/h1,6H. The minimum absolute atomic E-state index is 0.160. The summed E-state index contributed by atoms with van der Waals surface area (Å²) in [6, 6.07) is 2.25. The van der Waals surface area contributed by atoms with Crippen molar-refractivity contribution in [1.29, 1.82) is 5.26 Å². The van der Waals surface area contributed by atoms with Crippen LogP contribution in [0.15, 0.2) is 6.07 Å². The molecule has 1 heterocycles. The van der Waals surface area contributed by atoms with E-state index >= 15 is 0 Å². The molecule has 0 atom stereocenters. The van der Waals surface area contributed by atoms with Gasteiger partial charge < -0.3 is 0 Å². The van der Waals surface area contributed by atoms with Crippen LogP contribution in [0.5, 0.6) is 0 Å². The molecule has 0 fully saturated rings. The molecule has 5 nitrogen and oxygen atoms in total. The molecule has 0 radical (unpaired) electrons. The van der Waals surface area contributed by atoms with Crippen molar-refractivity contribution in [2.75, 3.05) is 0 Å². The van der Waals surface area contributed by atoms with Gasteiger partial charge in [0.1, 0.15) is 11.8 Å². The summed E-state index contributed by atoms with van der Waals surface area (Å²) in [5.74, 6) is 0. The predicted octanol–water partition coefficient (Wildman–Crippen LogP) is 2.40. The van der Waals surface area contributed by atoms with E-state index < -0.39 is 28.3 Å². The third kappa shape index (κ3) is 2.35. The van der Waals surface area contributed by atoms with Crippen LogP contribution in [0, 0.1) is 25.1 Å². The highest BCUT2D eigenvalue weighted by Gasteiger charge is 2.22. The van der Waals surface area contributed by atoms with E-state index in [1.54, 1.807) is 0 Å². The van der Waals surface area contributed by atoms with Crippen molar-refractivity contribution in [3.8, 4) is 6.07 Å². The van der Waals surface area contributed by atoms with Crippen molar-refractivity contribution in [2.45, 2.75) is 6.43 Å². The van der Waals surface area contributed by atoms with Gasteiger partial charge in [0.25, 0.3) is 6.43 Å². The van der Waals surface area contributed by atoms with Crippen LogP contribution in [0.1, 0.15) is 17.7 Å². The Kier molecular flexibility index (Phi) is 3.46. The van der Waals surface area contributed by atoms with Crippen LogP contribution in [0.2, 0.25) is 0 Å². The monoisotopic (exact) mass is 325 g/mol. The third-order valence-electron chi connectivity index (χ3n) is 1.51. The summed E-state index contributed by atoms with van der Waals surface area (Å²) in [7, 11) is 0. The minimum atomic E-state index is -2.92. The lowest BCUT2D eigenvalue weighted by Crippen LogP contribution is -2.02. The van der Waals surface area contributed by atoms with Crippen molar-refractivity contribution in [3.63, 3.8) is 0 Å². The Bertz CT molecular complexity index is 458. The zero-order chi connectivity index (χ0) is 11.6. The molecule has 1 aromatic heterocycles. The van der Waals surface area contributed by atoms with E-state index in [1.165, 1.54) is 28.7 Å². The number of hydrogen-bond donors (Lipinski definition) is 0. The molecule has 8 heteroatoms. The summed E-state index contributed by atoms with van der Waals surface area (Å²) in [4.78, 5) is 13.0. The number of pyridine rings is 1. The van der Waals surface area contributed by atoms with Crippen LogP contribution in [0.4, 0.5) is 14.5 Å². The summed E-state index contributed by atoms with van der Waals surface area (Å²) >= 11 is 1.47. The molecule has 78 valence electrons. The maximum atomic E-state index is 12.3. The number of aromatic nitrogens is 1. The van der Waals surface area contributed by atoms with Crippen LogP contribution >= 0.6 is 22.6 Å². The van der Waals surface area contributed by atoms with Gasteiger partial charge in [-0.1, -0.05) is 0 Å². The fourth-order valence-electron chi connectivity index (χ4n) is 0.877. The van der Waals surface area contributed by atoms with Gasteiger partial charge in [-0.3, -0.25) is 10.1 Å². The van der Waals surface area contributed by atoms with Gasteiger partial charge in [0.05, 0.1) is 10.5 Å². The van der Waals surface area contributed by atoms with Crippen LogP contribution in [0.3, 0.4) is 0 Å². The Labute approximate surface area is 96.0 Å². The summed E-state index contributed by atoms with van der Waals surface area (Å²) in [5.41, 5.74) is -1.65.